The van der Waals surface area contributed by atoms with Crippen LogP contribution in [0.1, 0.15) is 11.7 Å². The van der Waals surface area contributed by atoms with Crippen molar-refractivity contribution in [3.05, 3.63) is 95.0 Å². The predicted molar refractivity (Wildman–Crippen MR) is 112 cm³/mol. The van der Waals surface area contributed by atoms with Crippen molar-refractivity contribution in [2.24, 2.45) is 0 Å². The molecule has 1 atom stereocenters. The molecule has 0 bridgehead atoms. The number of halogens is 2. The van der Waals surface area contributed by atoms with Crippen LogP contribution in [-0.4, -0.2) is 27.1 Å². The first-order valence-electron chi connectivity index (χ1n) is 8.51. The minimum absolute atomic E-state index is 0.157. The maximum absolute atomic E-state index is 15.1. The minimum Gasteiger partial charge on any atom is -0.241 e. The maximum atomic E-state index is 15.1. The molecule has 0 aromatic heterocycles. The highest BCUT2D eigenvalue weighted by molar-refractivity contribution is 9.10. The smallest absolute Gasteiger partial charge is 0.241 e. The molecule has 0 aliphatic rings. The zero-order valence-electron chi connectivity index (χ0n) is 15.0. The summed E-state index contributed by atoms with van der Waals surface area (Å²) in [6, 6.07) is 20.5. The molecule has 3 aromatic carbocycles. The zero-order valence-corrected chi connectivity index (χ0v) is 18.2. The zero-order chi connectivity index (χ0) is 21.1. The van der Waals surface area contributed by atoms with Gasteiger partial charge in [0.05, 0.1) is 16.3 Å². The molecular weight excluding hydrogens is 481 g/mol. The number of benzene rings is 3. The van der Waals surface area contributed by atoms with Crippen molar-refractivity contribution >= 4 is 36.0 Å². The van der Waals surface area contributed by atoms with Gasteiger partial charge in [0.1, 0.15) is 6.17 Å². The van der Waals surface area contributed by atoms with Crippen LogP contribution >= 0.6 is 15.9 Å². The summed E-state index contributed by atoms with van der Waals surface area (Å²) in [5.74, 6) is 0. The average molecular weight is 498 g/mol. The van der Waals surface area contributed by atoms with Crippen LogP contribution in [0.15, 0.2) is 99.2 Å². The molecule has 0 spiro atoms. The van der Waals surface area contributed by atoms with E-state index in [-0.39, 0.29) is 19.1 Å². The van der Waals surface area contributed by atoms with Gasteiger partial charge in [-0.05, 0) is 30.3 Å². The summed E-state index contributed by atoms with van der Waals surface area (Å²) in [5, 5.41) is 0. The van der Waals surface area contributed by atoms with E-state index in [1.54, 1.807) is 30.3 Å². The fraction of sp³-hybridized carbons (Fsp3) is 0.100. The Morgan fingerprint density at radius 1 is 0.724 bits per heavy atom. The number of sulfonamides is 2. The lowest BCUT2D eigenvalue weighted by molar-refractivity contribution is 0.307. The summed E-state index contributed by atoms with van der Waals surface area (Å²) >= 11 is 3.22. The summed E-state index contributed by atoms with van der Waals surface area (Å²) < 4.78 is 68.5. The van der Waals surface area contributed by atoms with Gasteiger partial charge >= 0.3 is 0 Å². The molecule has 0 amide bonds. The summed E-state index contributed by atoms with van der Waals surface area (Å²) in [6.07, 6.45) is -1.87. The third-order valence-electron chi connectivity index (χ3n) is 4.17. The molecule has 5 nitrogen and oxygen atoms in total. The molecule has 1 unspecified atom stereocenters. The van der Waals surface area contributed by atoms with Gasteiger partial charge < -0.3 is 0 Å². The number of hydrogen-bond acceptors (Lipinski definition) is 4. The molecule has 0 N–H and O–H groups in total. The van der Waals surface area contributed by atoms with Crippen LogP contribution in [-0.2, 0) is 20.0 Å². The Morgan fingerprint density at radius 2 is 1.14 bits per heavy atom. The topological polar surface area (TPSA) is 71.5 Å². The quantitative estimate of drug-likeness (QED) is 0.480. The molecule has 0 saturated heterocycles. The van der Waals surface area contributed by atoms with Gasteiger partial charge in [-0.2, -0.15) is 0 Å². The van der Waals surface area contributed by atoms with Crippen molar-refractivity contribution in [2.75, 3.05) is 6.54 Å². The highest BCUT2D eigenvalue weighted by atomic mass is 79.9. The van der Waals surface area contributed by atoms with E-state index in [0.29, 0.717) is 4.47 Å². The monoisotopic (exact) mass is 497 g/mol. The molecule has 3 rings (SSSR count). The second-order valence-electron chi connectivity index (χ2n) is 6.08. The maximum Gasteiger partial charge on any atom is 0.256 e. The molecule has 152 valence electrons. The average Bonchev–Trinajstić information content (AvgIpc) is 2.73. The van der Waals surface area contributed by atoms with Crippen molar-refractivity contribution in [1.29, 1.82) is 0 Å². The van der Waals surface area contributed by atoms with Crippen LogP contribution in [0, 0.1) is 0 Å². The van der Waals surface area contributed by atoms with Crippen LogP contribution in [0.2, 0.25) is 0 Å². The van der Waals surface area contributed by atoms with Gasteiger partial charge in [-0.3, -0.25) is 0 Å². The number of hydrogen-bond donors (Lipinski definition) is 0. The van der Waals surface area contributed by atoms with Crippen LogP contribution in [0.4, 0.5) is 4.39 Å². The highest BCUT2D eigenvalue weighted by Crippen LogP contribution is 2.31. The van der Waals surface area contributed by atoms with Gasteiger partial charge in [-0.25, -0.2) is 21.2 Å². The SMILES string of the molecule is O=S(=O)(c1ccccc1)N(CC(F)c1ccccc1Br)S(=O)(=O)c1ccccc1. The molecule has 0 radical (unpaired) electrons. The molecule has 0 heterocycles. The van der Waals surface area contributed by atoms with Gasteiger partial charge in [0, 0.05) is 10.0 Å². The fourth-order valence-electron chi connectivity index (χ4n) is 2.70. The first-order valence-corrected chi connectivity index (χ1v) is 12.2. The Balaban J connectivity index is 2.11. The van der Waals surface area contributed by atoms with Gasteiger partial charge in [0.2, 0.25) is 0 Å². The highest BCUT2D eigenvalue weighted by Gasteiger charge is 2.38. The van der Waals surface area contributed by atoms with Crippen LogP contribution in [0.5, 0.6) is 0 Å². The minimum atomic E-state index is -4.53. The predicted octanol–water partition coefficient (Wildman–Crippen LogP) is 4.54. The van der Waals surface area contributed by atoms with Crippen LogP contribution < -0.4 is 0 Å². The Hall–Kier alpha value is -2.07. The molecule has 29 heavy (non-hydrogen) atoms. The Labute approximate surface area is 178 Å². The molecule has 9 heteroatoms. The lowest BCUT2D eigenvalue weighted by Crippen LogP contribution is -2.39. The Morgan fingerprint density at radius 3 is 1.59 bits per heavy atom. The van der Waals surface area contributed by atoms with E-state index in [4.69, 9.17) is 0 Å². The first kappa shape index (κ1) is 21.6. The van der Waals surface area contributed by atoms with Crippen molar-refractivity contribution < 1.29 is 21.2 Å². The third kappa shape index (κ3) is 4.58. The van der Waals surface area contributed by atoms with E-state index in [1.807, 2.05) is 0 Å². The van der Waals surface area contributed by atoms with Crippen LogP contribution in [0.25, 0.3) is 0 Å². The fourth-order valence-corrected chi connectivity index (χ4v) is 6.91. The van der Waals surface area contributed by atoms with E-state index < -0.39 is 32.8 Å². The lowest BCUT2D eigenvalue weighted by atomic mass is 10.1. The van der Waals surface area contributed by atoms with E-state index in [0.717, 1.165) is 0 Å². The number of alkyl halides is 1. The summed E-state index contributed by atoms with van der Waals surface area (Å²) in [5.41, 5.74) is 0.157. The number of nitrogens with zero attached hydrogens (tertiary/aromatic N) is 1. The molecular formula is C20H17BrFNO4S2. The molecule has 0 saturated carbocycles. The van der Waals surface area contributed by atoms with Crippen molar-refractivity contribution in [2.45, 2.75) is 16.0 Å². The summed E-state index contributed by atoms with van der Waals surface area (Å²) in [7, 11) is -9.07. The lowest BCUT2D eigenvalue weighted by Gasteiger charge is -2.24. The van der Waals surface area contributed by atoms with Crippen molar-refractivity contribution in [3.8, 4) is 0 Å². The molecule has 0 aliphatic heterocycles. The van der Waals surface area contributed by atoms with Gasteiger partial charge in [-0.1, -0.05) is 74.2 Å². The normalized spacial score (nSPS) is 13.3. The van der Waals surface area contributed by atoms with E-state index >= 15 is 4.39 Å². The first-order chi connectivity index (χ1) is 13.7. The van der Waals surface area contributed by atoms with Gasteiger partial charge in [0.25, 0.3) is 20.0 Å². The molecule has 0 aliphatic carbocycles. The Kier molecular flexibility index (Phi) is 6.52. The van der Waals surface area contributed by atoms with Gasteiger partial charge in [0.15, 0.2) is 0 Å². The summed E-state index contributed by atoms with van der Waals surface area (Å²) in [6.45, 7) is -0.892. The third-order valence-corrected chi connectivity index (χ3v) is 9.18. The number of rotatable bonds is 7. The standard InChI is InChI=1S/C20H17BrFNO4S2/c21-19-14-8-7-13-18(19)20(22)15-23(28(24,25)16-9-3-1-4-10-16)29(26,27)17-11-5-2-6-12-17/h1-14,20H,15H2. The van der Waals surface area contributed by atoms with Crippen LogP contribution in [0.3, 0.4) is 0 Å². The molecule has 0 fully saturated rings. The second-order valence-corrected chi connectivity index (χ2v) is 10.9. The Bertz CT molecular complexity index is 1120. The van der Waals surface area contributed by atoms with E-state index in [1.165, 1.54) is 54.6 Å². The molecule has 3 aromatic rings. The van der Waals surface area contributed by atoms with Gasteiger partial charge in [-0.15, -0.1) is 0 Å². The van der Waals surface area contributed by atoms with E-state index in [2.05, 4.69) is 15.9 Å². The largest absolute Gasteiger partial charge is 0.256 e. The summed E-state index contributed by atoms with van der Waals surface area (Å²) in [4.78, 5) is -0.474. The van der Waals surface area contributed by atoms with E-state index in [9.17, 15) is 16.8 Å². The van der Waals surface area contributed by atoms with Crippen molar-refractivity contribution in [1.82, 2.24) is 3.71 Å². The van der Waals surface area contributed by atoms with Crippen molar-refractivity contribution in [3.63, 3.8) is 0 Å². The second kappa shape index (κ2) is 8.74.